The summed E-state index contributed by atoms with van der Waals surface area (Å²) in [6.45, 7) is 2.32. The minimum Gasteiger partial charge on any atom is -0.384 e. The Labute approximate surface area is 168 Å². The summed E-state index contributed by atoms with van der Waals surface area (Å²) in [5.74, 6) is -2.87. The molecule has 0 bridgehead atoms. The molecule has 1 atom stereocenters. The fourth-order valence-electron chi connectivity index (χ4n) is 3.15. The lowest BCUT2D eigenvalue weighted by Gasteiger charge is -2.17. The van der Waals surface area contributed by atoms with Crippen LogP contribution in [0.5, 0.6) is 0 Å². The van der Waals surface area contributed by atoms with Crippen LogP contribution < -0.4 is 15.5 Å². The zero-order valence-corrected chi connectivity index (χ0v) is 16.4. The number of nitrogens with zero attached hydrogens (tertiary/aromatic N) is 3. The van der Waals surface area contributed by atoms with E-state index in [0.29, 0.717) is 16.8 Å². The Morgan fingerprint density at radius 2 is 2.17 bits per heavy atom. The summed E-state index contributed by atoms with van der Waals surface area (Å²) in [5.41, 5.74) is 4.46. The summed E-state index contributed by atoms with van der Waals surface area (Å²) in [5, 5.41) is 22.9. The molecule has 0 saturated heterocycles. The number of hydrogen-bond acceptors (Lipinski definition) is 6. The molecule has 1 aromatic heterocycles. The summed E-state index contributed by atoms with van der Waals surface area (Å²) in [6, 6.07) is 11.1. The number of rotatable bonds is 6. The van der Waals surface area contributed by atoms with E-state index >= 15 is 0 Å². The number of aromatic nitrogens is 1. The number of allylic oxidation sites excluding steroid dienone is 1. The topological polar surface area (TPSA) is 87.8 Å². The third-order valence-corrected chi connectivity index (χ3v) is 4.74. The summed E-state index contributed by atoms with van der Waals surface area (Å²) in [4.78, 5) is 6.54. The predicted octanol–water partition coefficient (Wildman–Crippen LogP) is 4.06. The third-order valence-electron chi connectivity index (χ3n) is 4.74. The van der Waals surface area contributed by atoms with E-state index in [1.54, 1.807) is 12.1 Å². The number of alkyl halides is 2. The molecule has 2 heterocycles. The molecule has 29 heavy (non-hydrogen) atoms. The number of nitrogens with one attached hydrogen (secondary N) is 3. The highest BCUT2D eigenvalue weighted by molar-refractivity contribution is 6.10. The molecule has 1 aliphatic rings. The Hall–Kier alpha value is -3.47. The van der Waals surface area contributed by atoms with E-state index in [1.165, 1.54) is 6.20 Å². The molecule has 3 rings (SSSR count). The molecule has 0 radical (unpaired) electrons. The van der Waals surface area contributed by atoms with Crippen LogP contribution in [0.15, 0.2) is 36.5 Å². The average molecular weight is 396 g/mol. The van der Waals surface area contributed by atoms with E-state index in [0.717, 1.165) is 30.1 Å². The molecule has 0 fully saturated rings. The van der Waals surface area contributed by atoms with E-state index in [-0.39, 0.29) is 11.9 Å². The first-order valence-electron chi connectivity index (χ1n) is 9.10. The van der Waals surface area contributed by atoms with E-state index in [4.69, 9.17) is 5.41 Å². The van der Waals surface area contributed by atoms with E-state index < -0.39 is 12.5 Å². The third kappa shape index (κ3) is 4.35. The van der Waals surface area contributed by atoms with Crippen molar-refractivity contribution in [2.75, 3.05) is 23.8 Å². The first-order valence-corrected chi connectivity index (χ1v) is 9.10. The van der Waals surface area contributed by atoms with Crippen molar-refractivity contribution in [2.24, 2.45) is 0 Å². The number of benzene rings is 1. The Balaban J connectivity index is 2.05. The van der Waals surface area contributed by atoms with Gasteiger partial charge < -0.3 is 20.9 Å². The SMILES string of the molecule is CC1Nc2cc(-c3nc(C#N)ccc3/C(C=N)=C/NCC(C)(F)F)ccc2N1C. The fraction of sp³-hybridized carbons (Fsp3) is 0.286. The Morgan fingerprint density at radius 1 is 1.41 bits per heavy atom. The summed E-state index contributed by atoms with van der Waals surface area (Å²) in [6.07, 6.45) is 2.60. The van der Waals surface area contributed by atoms with Crippen LogP contribution in [0.1, 0.15) is 25.1 Å². The molecule has 0 amide bonds. The van der Waals surface area contributed by atoms with Crippen molar-refractivity contribution in [3.8, 4) is 17.3 Å². The number of nitriles is 1. The minimum absolute atomic E-state index is 0.148. The van der Waals surface area contributed by atoms with Crippen molar-refractivity contribution < 1.29 is 8.78 Å². The largest absolute Gasteiger partial charge is 0.384 e. The molecule has 2 aromatic rings. The lowest BCUT2D eigenvalue weighted by atomic mass is 9.99. The standard InChI is InChI=1S/C21H22F2N6/c1-13-27-18-8-14(4-7-19(18)29(13)3)20-17(6-5-16(10-25)28-20)15(9-24)11-26-12-21(2,22)23/h4-9,11,13,24,26-27H,12H2,1-3H3/b15-11+,24-9?. The van der Waals surface area contributed by atoms with Crippen LogP contribution >= 0.6 is 0 Å². The van der Waals surface area contributed by atoms with Crippen molar-refractivity contribution in [1.82, 2.24) is 10.3 Å². The van der Waals surface area contributed by atoms with Gasteiger partial charge in [-0.3, -0.25) is 0 Å². The van der Waals surface area contributed by atoms with Crippen molar-refractivity contribution in [2.45, 2.75) is 25.9 Å². The molecule has 0 saturated carbocycles. The van der Waals surface area contributed by atoms with Crippen LogP contribution in [0.25, 0.3) is 16.8 Å². The second-order valence-corrected chi connectivity index (χ2v) is 7.06. The van der Waals surface area contributed by atoms with Crippen LogP contribution in [-0.4, -0.2) is 36.9 Å². The van der Waals surface area contributed by atoms with Gasteiger partial charge in [-0.2, -0.15) is 5.26 Å². The van der Waals surface area contributed by atoms with Gasteiger partial charge in [-0.15, -0.1) is 0 Å². The second kappa shape index (κ2) is 7.87. The van der Waals surface area contributed by atoms with Crippen LogP contribution in [0.2, 0.25) is 0 Å². The van der Waals surface area contributed by atoms with Crippen molar-refractivity contribution in [3.05, 3.63) is 47.8 Å². The highest BCUT2D eigenvalue weighted by atomic mass is 19.3. The van der Waals surface area contributed by atoms with Crippen LogP contribution in [0.3, 0.4) is 0 Å². The van der Waals surface area contributed by atoms with Gasteiger partial charge in [-0.05, 0) is 31.2 Å². The number of hydrogen-bond donors (Lipinski definition) is 3. The molecule has 3 N–H and O–H groups in total. The number of anilines is 2. The number of pyridine rings is 1. The quantitative estimate of drug-likeness (QED) is 0.641. The van der Waals surface area contributed by atoms with Crippen molar-refractivity contribution in [1.29, 1.82) is 10.7 Å². The first-order chi connectivity index (χ1) is 13.7. The van der Waals surface area contributed by atoms with Gasteiger partial charge >= 0.3 is 0 Å². The molecule has 1 unspecified atom stereocenters. The molecule has 0 aliphatic carbocycles. The molecular formula is C21H22F2N6. The minimum atomic E-state index is -2.87. The second-order valence-electron chi connectivity index (χ2n) is 7.06. The molecule has 6 nitrogen and oxygen atoms in total. The van der Waals surface area contributed by atoms with E-state index in [1.807, 2.05) is 38.2 Å². The zero-order chi connectivity index (χ0) is 21.2. The first kappa shape index (κ1) is 20.3. The molecule has 1 aromatic carbocycles. The summed E-state index contributed by atoms with van der Waals surface area (Å²) in [7, 11) is 1.99. The van der Waals surface area contributed by atoms with Gasteiger partial charge in [0.25, 0.3) is 5.92 Å². The van der Waals surface area contributed by atoms with Gasteiger partial charge in [0, 0.05) is 43.1 Å². The molecule has 8 heteroatoms. The van der Waals surface area contributed by atoms with Gasteiger partial charge in [0.1, 0.15) is 11.8 Å². The maximum Gasteiger partial charge on any atom is 0.262 e. The molecule has 0 spiro atoms. The fourth-order valence-corrected chi connectivity index (χ4v) is 3.15. The Morgan fingerprint density at radius 3 is 2.83 bits per heavy atom. The maximum atomic E-state index is 13.1. The van der Waals surface area contributed by atoms with Crippen LogP contribution in [0.4, 0.5) is 20.2 Å². The van der Waals surface area contributed by atoms with Gasteiger partial charge in [-0.25, -0.2) is 13.8 Å². The monoisotopic (exact) mass is 396 g/mol. The van der Waals surface area contributed by atoms with Gasteiger partial charge in [0.2, 0.25) is 0 Å². The molecule has 1 aliphatic heterocycles. The van der Waals surface area contributed by atoms with Crippen LogP contribution in [-0.2, 0) is 0 Å². The van der Waals surface area contributed by atoms with Gasteiger partial charge in [0.05, 0.1) is 29.8 Å². The number of halogens is 2. The number of fused-ring (bicyclic) bond motifs is 1. The summed E-state index contributed by atoms with van der Waals surface area (Å²) >= 11 is 0. The zero-order valence-electron chi connectivity index (χ0n) is 16.4. The highest BCUT2D eigenvalue weighted by Crippen LogP contribution is 2.37. The molecule has 150 valence electrons. The van der Waals surface area contributed by atoms with Gasteiger partial charge in [-0.1, -0.05) is 6.07 Å². The highest BCUT2D eigenvalue weighted by Gasteiger charge is 2.23. The molecular weight excluding hydrogens is 374 g/mol. The predicted molar refractivity (Wildman–Crippen MR) is 111 cm³/mol. The lowest BCUT2D eigenvalue weighted by Crippen LogP contribution is -2.28. The van der Waals surface area contributed by atoms with Crippen molar-refractivity contribution >= 4 is 23.2 Å². The van der Waals surface area contributed by atoms with Crippen LogP contribution in [0, 0.1) is 16.7 Å². The normalized spacial score (nSPS) is 16.1. The van der Waals surface area contributed by atoms with E-state index in [2.05, 4.69) is 20.5 Å². The van der Waals surface area contributed by atoms with E-state index in [9.17, 15) is 14.0 Å². The Bertz CT molecular complexity index is 1000. The maximum absolute atomic E-state index is 13.1. The lowest BCUT2D eigenvalue weighted by molar-refractivity contribution is 0.0261. The Kier molecular flexibility index (Phi) is 5.50. The summed E-state index contributed by atoms with van der Waals surface area (Å²) < 4.78 is 26.2. The average Bonchev–Trinajstić information content (AvgIpc) is 2.97. The smallest absolute Gasteiger partial charge is 0.262 e. The van der Waals surface area contributed by atoms with Crippen molar-refractivity contribution in [3.63, 3.8) is 0 Å². The van der Waals surface area contributed by atoms with Gasteiger partial charge in [0.15, 0.2) is 0 Å².